The summed E-state index contributed by atoms with van der Waals surface area (Å²) in [6, 6.07) is 0. The van der Waals surface area contributed by atoms with Crippen LogP contribution in [0.2, 0.25) is 0 Å². The first kappa shape index (κ1) is 24.5. The van der Waals surface area contributed by atoms with Crippen LogP contribution in [0.15, 0.2) is 4.99 Å². The van der Waals surface area contributed by atoms with Gasteiger partial charge in [0.1, 0.15) is 0 Å². The number of likely N-dealkylation sites (N-methyl/N-ethyl adjacent to an activating group) is 1. The summed E-state index contributed by atoms with van der Waals surface area (Å²) in [5.41, 5.74) is 0.240. The molecule has 2 aliphatic rings. The predicted octanol–water partition coefficient (Wildman–Crippen LogP) is 2.68. The Morgan fingerprint density at radius 1 is 1.15 bits per heavy atom. The number of amides is 1. The third kappa shape index (κ3) is 7.07. The van der Waals surface area contributed by atoms with Crippen molar-refractivity contribution in [3.8, 4) is 0 Å². The average Bonchev–Trinajstić information content (AvgIpc) is 2.90. The Labute approximate surface area is 182 Å². The van der Waals surface area contributed by atoms with Gasteiger partial charge < -0.3 is 20.4 Å². The molecule has 0 atom stereocenters. The number of likely N-dealkylation sites (tertiary alicyclic amines) is 1. The van der Waals surface area contributed by atoms with Crippen LogP contribution in [0.3, 0.4) is 0 Å². The maximum atomic E-state index is 11.6. The molecule has 0 unspecified atom stereocenters. The number of rotatable bonds is 5. The second-order valence-corrected chi connectivity index (χ2v) is 8.24. The number of carbonyl (C=O) groups is 1. The van der Waals surface area contributed by atoms with Crippen LogP contribution < -0.4 is 10.6 Å². The topological polar surface area (TPSA) is 60.0 Å². The van der Waals surface area contributed by atoms with Crippen LogP contribution in [0.25, 0.3) is 0 Å². The van der Waals surface area contributed by atoms with E-state index in [1.807, 2.05) is 7.05 Å². The van der Waals surface area contributed by atoms with E-state index in [9.17, 15) is 4.79 Å². The zero-order valence-electron chi connectivity index (χ0n) is 17.7. The van der Waals surface area contributed by atoms with Crippen molar-refractivity contribution in [1.82, 2.24) is 20.4 Å². The van der Waals surface area contributed by atoms with Crippen LogP contribution in [-0.4, -0.2) is 75.0 Å². The van der Waals surface area contributed by atoms with Crippen LogP contribution in [0.4, 0.5) is 0 Å². The molecule has 0 radical (unpaired) electrons. The van der Waals surface area contributed by atoms with Crippen molar-refractivity contribution in [1.29, 1.82) is 0 Å². The Morgan fingerprint density at radius 3 is 2.22 bits per heavy atom. The Morgan fingerprint density at radius 2 is 1.74 bits per heavy atom. The van der Waals surface area contributed by atoms with Gasteiger partial charge in [-0.1, -0.05) is 25.7 Å². The maximum absolute atomic E-state index is 11.6. The van der Waals surface area contributed by atoms with Gasteiger partial charge in [0, 0.05) is 45.7 Å². The molecule has 0 aromatic carbocycles. The summed E-state index contributed by atoms with van der Waals surface area (Å²) in [4.78, 5) is 20.9. The Bertz CT molecular complexity index is 467. The summed E-state index contributed by atoms with van der Waals surface area (Å²) in [6.07, 6.45) is 10.7. The molecule has 158 valence electrons. The van der Waals surface area contributed by atoms with E-state index in [-0.39, 0.29) is 35.4 Å². The fourth-order valence-electron chi connectivity index (χ4n) is 4.46. The van der Waals surface area contributed by atoms with Crippen molar-refractivity contribution < 1.29 is 4.79 Å². The van der Waals surface area contributed by atoms with E-state index >= 15 is 0 Å². The van der Waals surface area contributed by atoms with E-state index in [4.69, 9.17) is 0 Å². The summed E-state index contributed by atoms with van der Waals surface area (Å²) in [5.74, 6) is 1.68. The zero-order chi connectivity index (χ0) is 19.0. The van der Waals surface area contributed by atoms with Gasteiger partial charge in [-0.3, -0.25) is 9.79 Å². The van der Waals surface area contributed by atoms with Crippen molar-refractivity contribution in [2.45, 2.75) is 63.3 Å². The van der Waals surface area contributed by atoms with E-state index in [0.29, 0.717) is 12.3 Å². The molecular weight excluding hydrogens is 453 g/mol. The van der Waals surface area contributed by atoms with Crippen molar-refractivity contribution in [3.05, 3.63) is 0 Å². The average molecular weight is 493 g/mol. The number of hydrogen-bond donors (Lipinski definition) is 2. The quantitative estimate of drug-likeness (QED) is 0.268. The van der Waals surface area contributed by atoms with Gasteiger partial charge in [-0.25, -0.2) is 0 Å². The minimum Gasteiger partial charge on any atom is -0.359 e. The molecule has 27 heavy (non-hydrogen) atoms. The molecule has 1 amide bonds. The molecule has 1 aliphatic heterocycles. The van der Waals surface area contributed by atoms with Crippen LogP contribution in [0.1, 0.15) is 57.8 Å². The summed E-state index contributed by atoms with van der Waals surface area (Å²) in [7, 11) is 8.05. The minimum absolute atomic E-state index is 0. The first-order valence-corrected chi connectivity index (χ1v) is 10.3. The predicted molar refractivity (Wildman–Crippen MR) is 124 cm³/mol. The number of carbonyl (C=O) groups excluding carboxylic acids is 1. The Balaban J connectivity index is 0.00000364. The van der Waals surface area contributed by atoms with Crippen LogP contribution in [0.5, 0.6) is 0 Å². The van der Waals surface area contributed by atoms with E-state index < -0.39 is 0 Å². The lowest BCUT2D eigenvalue weighted by Gasteiger charge is -2.41. The second kappa shape index (κ2) is 12.1. The van der Waals surface area contributed by atoms with Gasteiger partial charge in [-0.2, -0.15) is 0 Å². The monoisotopic (exact) mass is 493 g/mol. The lowest BCUT2D eigenvalue weighted by atomic mass is 9.88. The molecule has 1 saturated carbocycles. The van der Waals surface area contributed by atoms with Gasteiger partial charge >= 0.3 is 0 Å². The normalized spacial score (nSPS) is 21.4. The molecule has 0 aromatic heterocycles. The van der Waals surface area contributed by atoms with Gasteiger partial charge in [-0.15, -0.1) is 24.0 Å². The molecular formula is C20H40IN5O. The minimum atomic E-state index is 0. The number of guanidine groups is 1. The van der Waals surface area contributed by atoms with Crippen molar-refractivity contribution in [2.24, 2.45) is 10.9 Å². The van der Waals surface area contributed by atoms with Crippen molar-refractivity contribution in [3.63, 3.8) is 0 Å². The van der Waals surface area contributed by atoms with Crippen LogP contribution >= 0.6 is 24.0 Å². The third-order valence-corrected chi connectivity index (χ3v) is 6.44. The highest BCUT2D eigenvalue weighted by Gasteiger charge is 2.34. The lowest BCUT2D eigenvalue weighted by molar-refractivity contribution is -0.121. The third-order valence-electron chi connectivity index (χ3n) is 6.44. The molecule has 1 saturated heterocycles. The van der Waals surface area contributed by atoms with Gasteiger partial charge in [-0.05, 0) is 45.7 Å². The first-order valence-electron chi connectivity index (χ1n) is 10.3. The fourth-order valence-corrected chi connectivity index (χ4v) is 4.46. The van der Waals surface area contributed by atoms with Crippen LogP contribution in [0, 0.1) is 5.92 Å². The summed E-state index contributed by atoms with van der Waals surface area (Å²) < 4.78 is 0. The fraction of sp³-hybridized carbons (Fsp3) is 0.900. The number of nitrogens with one attached hydrogen (secondary N) is 2. The molecule has 0 spiro atoms. The number of halogens is 1. The molecule has 0 bridgehead atoms. The van der Waals surface area contributed by atoms with Crippen LogP contribution in [-0.2, 0) is 4.79 Å². The summed E-state index contributed by atoms with van der Waals surface area (Å²) >= 11 is 0. The highest BCUT2D eigenvalue weighted by atomic mass is 127. The van der Waals surface area contributed by atoms with E-state index in [1.165, 1.54) is 38.5 Å². The summed E-state index contributed by atoms with van der Waals surface area (Å²) in [5, 5.41) is 6.42. The van der Waals surface area contributed by atoms with E-state index in [0.717, 1.165) is 38.4 Å². The van der Waals surface area contributed by atoms with E-state index in [2.05, 4.69) is 39.5 Å². The van der Waals surface area contributed by atoms with Crippen molar-refractivity contribution >= 4 is 35.8 Å². The smallest absolute Gasteiger partial charge is 0.220 e. The lowest BCUT2D eigenvalue weighted by Crippen LogP contribution is -2.55. The van der Waals surface area contributed by atoms with Crippen molar-refractivity contribution in [2.75, 3.05) is 47.8 Å². The van der Waals surface area contributed by atoms with E-state index in [1.54, 1.807) is 7.05 Å². The SMILES string of the molecule is CN=C(NCC1(N(C)C)CCCCCC1)N1CCC(CC(=O)NC)CC1.I. The summed E-state index contributed by atoms with van der Waals surface area (Å²) in [6.45, 7) is 2.93. The Hall–Kier alpha value is -0.570. The Kier molecular flexibility index (Phi) is 11.0. The molecule has 2 rings (SSSR count). The second-order valence-electron chi connectivity index (χ2n) is 8.24. The standard InChI is InChI=1S/C20H39N5O.HI/c1-21-18(26)15-17-9-13-25(14-10-17)19(22-2)23-16-20(24(3)4)11-7-5-6-8-12-20;/h17H,5-16H2,1-4H3,(H,21,26)(H,22,23);1H. The molecule has 2 N–H and O–H groups in total. The van der Waals surface area contributed by atoms with Gasteiger partial charge in [0.05, 0.1) is 0 Å². The van der Waals surface area contributed by atoms with Gasteiger partial charge in [0.25, 0.3) is 0 Å². The highest BCUT2D eigenvalue weighted by molar-refractivity contribution is 14.0. The molecule has 0 aromatic rings. The highest BCUT2D eigenvalue weighted by Crippen LogP contribution is 2.30. The molecule has 1 heterocycles. The van der Waals surface area contributed by atoms with Gasteiger partial charge in [0.15, 0.2) is 5.96 Å². The molecule has 7 heteroatoms. The maximum Gasteiger partial charge on any atom is 0.220 e. The number of nitrogens with zero attached hydrogens (tertiary/aromatic N) is 3. The zero-order valence-corrected chi connectivity index (χ0v) is 20.1. The molecule has 6 nitrogen and oxygen atoms in total. The number of piperidine rings is 1. The number of hydrogen-bond acceptors (Lipinski definition) is 3. The first-order chi connectivity index (χ1) is 12.5. The molecule has 2 fully saturated rings. The largest absolute Gasteiger partial charge is 0.359 e. The van der Waals surface area contributed by atoms with Gasteiger partial charge in [0.2, 0.25) is 5.91 Å². The number of aliphatic imine (C=N–C) groups is 1. The molecule has 1 aliphatic carbocycles.